The van der Waals surface area contributed by atoms with Crippen LogP contribution in [0, 0.1) is 11.6 Å². The average molecular weight is 259 g/mol. The van der Waals surface area contributed by atoms with E-state index in [0.717, 1.165) is 12.1 Å². The van der Waals surface area contributed by atoms with Gasteiger partial charge in [-0.15, -0.1) is 0 Å². The molecule has 0 aliphatic rings. The van der Waals surface area contributed by atoms with Crippen molar-refractivity contribution in [3.8, 4) is 11.3 Å². The molecule has 1 aromatic heterocycles. The van der Waals surface area contributed by atoms with E-state index in [0.29, 0.717) is 12.1 Å². The number of alkyl halides is 3. The molecule has 0 saturated heterocycles. The Morgan fingerprint density at radius 1 is 0.833 bits per heavy atom. The molecule has 0 fully saturated rings. The number of rotatable bonds is 1. The van der Waals surface area contributed by atoms with E-state index >= 15 is 0 Å². The minimum atomic E-state index is -4.65. The topological polar surface area (TPSA) is 12.9 Å². The number of halogens is 5. The minimum Gasteiger partial charge on any atom is -0.240 e. The fourth-order valence-corrected chi connectivity index (χ4v) is 1.41. The van der Waals surface area contributed by atoms with Crippen LogP contribution >= 0.6 is 0 Å². The maximum absolute atomic E-state index is 13.4. The first kappa shape index (κ1) is 12.5. The summed E-state index contributed by atoms with van der Waals surface area (Å²) < 4.78 is 63.4. The van der Waals surface area contributed by atoms with Gasteiger partial charge in [0, 0.05) is 5.56 Å². The van der Waals surface area contributed by atoms with Crippen molar-refractivity contribution < 1.29 is 22.0 Å². The Hall–Kier alpha value is -1.98. The van der Waals surface area contributed by atoms with Crippen LogP contribution < -0.4 is 0 Å². The van der Waals surface area contributed by atoms with Crippen molar-refractivity contribution in [1.82, 2.24) is 4.98 Å². The highest BCUT2D eigenvalue weighted by Crippen LogP contribution is 2.30. The number of nitrogens with zero attached hydrogens (tertiary/aromatic N) is 1. The molecule has 0 aliphatic carbocycles. The predicted octanol–water partition coefficient (Wildman–Crippen LogP) is 4.05. The van der Waals surface area contributed by atoms with Gasteiger partial charge in [0.25, 0.3) is 0 Å². The zero-order valence-electron chi connectivity index (χ0n) is 8.80. The fraction of sp³-hybridized carbons (Fsp3) is 0.0833. The first-order valence-electron chi connectivity index (χ1n) is 4.87. The molecule has 1 aromatic carbocycles. The number of aromatic nitrogens is 1. The van der Waals surface area contributed by atoms with E-state index in [2.05, 4.69) is 4.98 Å². The molecule has 2 aromatic rings. The van der Waals surface area contributed by atoms with Crippen LogP contribution in [-0.2, 0) is 6.18 Å². The summed E-state index contributed by atoms with van der Waals surface area (Å²) in [6.45, 7) is 0. The minimum absolute atomic E-state index is 0.0833. The molecule has 18 heavy (non-hydrogen) atoms. The molecule has 94 valence electrons. The van der Waals surface area contributed by atoms with Crippen LogP contribution in [0.25, 0.3) is 11.3 Å². The van der Waals surface area contributed by atoms with E-state index in [9.17, 15) is 22.0 Å². The van der Waals surface area contributed by atoms with Gasteiger partial charge < -0.3 is 0 Å². The zero-order chi connectivity index (χ0) is 13.3. The van der Waals surface area contributed by atoms with Crippen molar-refractivity contribution in [2.24, 2.45) is 0 Å². The van der Waals surface area contributed by atoms with Crippen molar-refractivity contribution in [2.45, 2.75) is 6.18 Å². The predicted molar refractivity (Wildman–Crippen MR) is 54.6 cm³/mol. The SMILES string of the molecule is Fc1ccc(-c2nc(C(F)(F)F)ccc2F)cc1. The molecule has 0 N–H and O–H groups in total. The summed E-state index contributed by atoms with van der Waals surface area (Å²) >= 11 is 0. The normalized spacial score (nSPS) is 11.6. The first-order chi connectivity index (χ1) is 8.38. The Morgan fingerprint density at radius 2 is 1.44 bits per heavy atom. The van der Waals surface area contributed by atoms with E-state index in [4.69, 9.17) is 0 Å². The maximum atomic E-state index is 13.4. The van der Waals surface area contributed by atoms with Gasteiger partial charge in [-0.3, -0.25) is 0 Å². The Balaban J connectivity index is 2.53. The third-order valence-corrected chi connectivity index (χ3v) is 2.25. The summed E-state index contributed by atoms with van der Waals surface area (Å²) in [5.74, 6) is -1.46. The lowest BCUT2D eigenvalue weighted by Gasteiger charge is -2.08. The number of benzene rings is 1. The standard InChI is InChI=1S/C12H6F5N/c13-8-3-1-7(2-4-8)11-9(14)5-6-10(18-11)12(15,16)17/h1-6H. The monoisotopic (exact) mass is 259 g/mol. The summed E-state index contributed by atoms with van der Waals surface area (Å²) in [4.78, 5) is 3.22. The van der Waals surface area contributed by atoms with E-state index in [1.54, 1.807) is 0 Å². The number of pyridine rings is 1. The van der Waals surface area contributed by atoms with Crippen molar-refractivity contribution in [2.75, 3.05) is 0 Å². The van der Waals surface area contributed by atoms with Crippen LogP contribution in [0.4, 0.5) is 22.0 Å². The van der Waals surface area contributed by atoms with Crippen molar-refractivity contribution in [3.63, 3.8) is 0 Å². The smallest absolute Gasteiger partial charge is 0.240 e. The largest absolute Gasteiger partial charge is 0.433 e. The Kier molecular flexibility index (Phi) is 3.02. The third-order valence-electron chi connectivity index (χ3n) is 2.25. The molecule has 0 bridgehead atoms. The molecule has 0 spiro atoms. The van der Waals surface area contributed by atoms with Crippen LogP contribution in [0.5, 0.6) is 0 Å². The van der Waals surface area contributed by atoms with Gasteiger partial charge in [-0.1, -0.05) is 0 Å². The zero-order valence-corrected chi connectivity index (χ0v) is 8.80. The van der Waals surface area contributed by atoms with Gasteiger partial charge >= 0.3 is 6.18 Å². The summed E-state index contributed by atoms with van der Waals surface area (Å²) in [7, 11) is 0. The summed E-state index contributed by atoms with van der Waals surface area (Å²) in [5.41, 5.74) is -1.56. The van der Waals surface area contributed by atoms with Crippen LogP contribution in [0.3, 0.4) is 0 Å². The van der Waals surface area contributed by atoms with Crippen LogP contribution in [0.15, 0.2) is 36.4 Å². The molecule has 2 rings (SSSR count). The van der Waals surface area contributed by atoms with Crippen LogP contribution in [0.2, 0.25) is 0 Å². The molecule has 1 nitrogen and oxygen atoms in total. The molecular formula is C12H6F5N. The van der Waals surface area contributed by atoms with E-state index < -0.39 is 29.2 Å². The van der Waals surface area contributed by atoms with Crippen LogP contribution in [0.1, 0.15) is 5.69 Å². The second kappa shape index (κ2) is 4.36. The molecule has 0 unspecified atom stereocenters. The quantitative estimate of drug-likeness (QED) is 0.704. The van der Waals surface area contributed by atoms with Gasteiger partial charge in [0.1, 0.15) is 23.0 Å². The highest BCUT2D eigenvalue weighted by molar-refractivity contribution is 5.59. The van der Waals surface area contributed by atoms with Gasteiger partial charge in [0.15, 0.2) is 0 Å². The Bertz CT molecular complexity index is 560. The van der Waals surface area contributed by atoms with E-state index in [1.807, 2.05) is 0 Å². The Morgan fingerprint density at radius 3 is 2.00 bits per heavy atom. The number of hydrogen-bond donors (Lipinski definition) is 0. The lowest BCUT2D eigenvalue weighted by Crippen LogP contribution is -2.09. The van der Waals surface area contributed by atoms with E-state index in [1.165, 1.54) is 12.1 Å². The number of hydrogen-bond acceptors (Lipinski definition) is 1. The molecule has 0 aliphatic heterocycles. The summed E-state index contributed by atoms with van der Waals surface area (Å²) in [6.07, 6.45) is -4.65. The van der Waals surface area contributed by atoms with Gasteiger partial charge in [-0.05, 0) is 36.4 Å². The average Bonchev–Trinajstić information content (AvgIpc) is 2.29. The van der Waals surface area contributed by atoms with Gasteiger partial charge in [-0.25, -0.2) is 13.8 Å². The van der Waals surface area contributed by atoms with E-state index in [-0.39, 0.29) is 5.56 Å². The van der Waals surface area contributed by atoms with Crippen LogP contribution in [-0.4, -0.2) is 4.98 Å². The van der Waals surface area contributed by atoms with Crippen molar-refractivity contribution in [1.29, 1.82) is 0 Å². The highest BCUT2D eigenvalue weighted by Gasteiger charge is 2.33. The molecule has 0 atom stereocenters. The van der Waals surface area contributed by atoms with Crippen molar-refractivity contribution >= 4 is 0 Å². The van der Waals surface area contributed by atoms with Gasteiger partial charge in [-0.2, -0.15) is 13.2 Å². The molecular weight excluding hydrogens is 253 g/mol. The fourth-order valence-electron chi connectivity index (χ4n) is 1.41. The maximum Gasteiger partial charge on any atom is 0.433 e. The van der Waals surface area contributed by atoms with Crippen molar-refractivity contribution in [3.05, 3.63) is 53.7 Å². The summed E-state index contributed by atoms with van der Waals surface area (Å²) in [6, 6.07) is 5.63. The highest BCUT2D eigenvalue weighted by atomic mass is 19.4. The molecule has 0 saturated carbocycles. The molecule has 0 amide bonds. The molecule has 0 radical (unpaired) electrons. The summed E-state index contributed by atoms with van der Waals surface area (Å²) in [5, 5.41) is 0. The van der Waals surface area contributed by atoms with Gasteiger partial charge in [0.05, 0.1) is 0 Å². The molecule has 1 heterocycles. The lowest BCUT2D eigenvalue weighted by molar-refractivity contribution is -0.141. The molecule has 6 heteroatoms. The second-order valence-electron chi connectivity index (χ2n) is 3.53. The van der Waals surface area contributed by atoms with Gasteiger partial charge in [0.2, 0.25) is 0 Å². The third kappa shape index (κ3) is 2.47. The Labute approximate surface area is 98.9 Å². The lowest BCUT2D eigenvalue weighted by atomic mass is 10.1. The second-order valence-corrected chi connectivity index (χ2v) is 3.53. The first-order valence-corrected chi connectivity index (χ1v) is 4.87.